The number of carbonyl (C=O) groups is 1. The maximum Gasteiger partial charge on any atom is 0.322 e. The quantitative estimate of drug-likeness (QED) is 0.896. The van der Waals surface area contributed by atoms with E-state index in [-0.39, 0.29) is 12.1 Å². The minimum absolute atomic E-state index is 0.0250. The molecule has 0 aliphatic carbocycles. The molecule has 0 bridgehead atoms. The van der Waals surface area contributed by atoms with E-state index < -0.39 is 0 Å². The first-order chi connectivity index (χ1) is 9.66. The maximum atomic E-state index is 12.2. The van der Waals surface area contributed by atoms with E-state index >= 15 is 0 Å². The van der Waals surface area contributed by atoms with Gasteiger partial charge in [-0.1, -0.05) is 12.1 Å². The van der Waals surface area contributed by atoms with Gasteiger partial charge in [-0.2, -0.15) is 0 Å². The van der Waals surface area contributed by atoms with Crippen molar-refractivity contribution in [1.29, 1.82) is 0 Å². The van der Waals surface area contributed by atoms with Crippen molar-refractivity contribution in [1.82, 2.24) is 4.90 Å². The molecule has 2 aliphatic rings. The molecule has 3 rings (SSSR count). The van der Waals surface area contributed by atoms with Gasteiger partial charge in [-0.15, -0.1) is 0 Å². The smallest absolute Gasteiger partial charge is 0.322 e. The molecule has 1 N–H and O–H groups in total. The summed E-state index contributed by atoms with van der Waals surface area (Å²) in [6, 6.07) is 6.62. The molecule has 108 valence electrons. The van der Waals surface area contributed by atoms with Crippen LogP contribution in [0.4, 0.5) is 16.2 Å². The van der Waals surface area contributed by atoms with Crippen LogP contribution in [0.2, 0.25) is 0 Å². The SMILES string of the molecule is CC(C)N1Cc2cccc(N3CCCCC3)c2NC1=O. The zero-order valence-electron chi connectivity index (χ0n) is 12.4. The Bertz CT molecular complexity index is 506. The molecule has 4 nitrogen and oxygen atoms in total. The van der Waals surface area contributed by atoms with Crippen molar-refractivity contribution in [3.05, 3.63) is 23.8 Å². The number of nitrogens with one attached hydrogen (secondary N) is 1. The van der Waals surface area contributed by atoms with Crippen LogP contribution in [0.1, 0.15) is 38.7 Å². The number of benzene rings is 1. The van der Waals surface area contributed by atoms with E-state index in [9.17, 15) is 4.79 Å². The molecule has 2 amide bonds. The number of fused-ring (bicyclic) bond motifs is 1. The van der Waals surface area contributed by atoms with Gasteiger partial charge in [0.1, 0.15) is 0 Å². The molecular formula is C16H23N3O. The first-order valence-electron chi connectivity index (χ1n) is 7.61. The van der Waals surface area contributed by atoms with Crippen molar-refractivity contribution in [2.75, 3.05) is 23.3 Å². The Morgan fingerprint density at radius 2 is 1.90 bits per heavy atom. The summed E-state index contributed by atoms with van der Waals surface area (Å²) < 4.78 is 0. The lowest BCUT2D eigenvalue weighted by atomic mass is 10.0. The van der Waals surface area contributed by atoms with Crippen molar-refractivity contribution in [2.45, 2.75) is 45.7 Å². The lowest BCUT2D eigenvalue weighted by Gasteiger charge is -2.36. The monoisotopic (exact) mass is 273 g/mol. The molecule has 2 heterocycles. The third-order valence-corrected chi connectivity index (χ3v) is 4.28. The maximum absolute atomic E-state index is 12.2. The highest BCUT2D eigenvalue weighted by Crippen LogP contribution is 2.35. The lowest BCUT2D eigenvalue weighted by Crippen LogP contribution is -2.43. The van der Waals surface area contributed by atoms with Crippen molar-refractivity contribution in [3.8, 4) is 0 Å². The van der Waals surface area contributed by atoms with Gasteiger partial charge in [0.05, 0.1) is 11.4 Å². The van der Waals surface area contributed by atoms with Crippen LogP contribution in [0.25, 0.3) is 0 Å². The number of anilines is 2. The molecule has 20 heavy (non-hydrogen) atoms. The lowest BCUT2D eigenvalue weighted by molar-refractivity contribution is 0.191. The van der Waals surface area contributed by atoms with Gasteiger partial charge in [0.15, 0.2) is 0 Å². The van der Waals surface area contributed by atoms with Crippen LogP contribution < -0.4 is 10.2 Å². The molecule has 1 aromatic rings. The average Bonchev–Trinajstić information content (AvgIpc) is 2.46. The molecule has 1 saturated heterocycles. The summed E-state index contributed by atoms with van der Waals surface area (Å²) in [6.07, 6.45) is 3.81. The second-order valence-corrected chi connectivity index (χ2v) is 6.01. The number of rotatable bonds is 2. The minimum Gasteiger partial charge on any atom is -0.370 e. The fourth-order valence-corrected chi connectivity index (χ4v) is 3.11. The number of hydrogen-bond donors (Lipinski definition) is 1. The second-order valence-electron chi connectivity index (χ2n) is 6.01. The van der Waals surface area contributed by atoms with Crippen molar-refractivity contribution >= 4 is 17.4 Å². The number of carbonyl (C=O) groups excluding carboxylic acids is 1. The molecule has 0 unspecified atom stereocenters. The van der Waals surface area contributed by atoms with Crippen LogP contribution in [0.3, 0.4) is 0 Å². The molecule has 1 fully saturated rings. The Hall–Kier alpha value is -1.71. The highest BCUT2D eigenvalue weighted by molar-refractivity contribution is 5.96. The average molecular weight is 273 g/mol. The van der Waals surface area contributed by atoms with Gasteiger partial charge < -0.3 is 15.1 Å². The largest absolute Gasteiger partial charge is 0.370 e. The van der Waals surface area contributed by atoms with Crippen molar-refractivity contribution in [3.63, 3.8) is 0 Å². The molecule has 0 saturated carbocycles. The number of para-hydroxylation sites is 1. The van der Waals surface area contributed by atoms with E-state index in [1.54, 1.807) is 0 Å². The standard InChI is InChI=1S/C16H23N3O/c1-12(2)19-11-13-7-6-8-14(15(13)17-16(19)20)18-9-4-3-5-10-18/h6-8,12H,3-5,9-11H2,1-2H3,(H,17,20). The Labute approximate surface area is 120 Å². The molecule has 2 aliphatic heterocycles. The Balaban J connectivity index is 1.92. The topological polar surface area (TPSA) is 35.6 Å². The van der Waals surface area contributed by atoms with E-state index in [0.29, 0.717) is 6.54 Å². The summed E-state index contributed by atoms with van der Waals surface area (Å²) in [5.74, 6) is 0. The molecule has 0 aromatic heterocycles. The molecule has 0 radical (unpaired) electrons. The summed E-state index contributed by atoms with van der Waals surface area (Å²) in [4.78, 5) is 16.5. The van der Waals surface area contributed by atoms with E-state index in [4.69, 9.17) is 0 Å². The minimum atomic E-state index is 0.0250. The number of piperidine rings is 1. The summed E-state index contributed by atoms with van der Waals surface area (Å²) in [5, 5.41) is 3.10. The summed E-state index contributed by atoms with van der Waals surface area (Å²) in [6.45, 7) is 7.01. The van der Waals surface area contributed by atoms with E-state index in [1.165, 1.54) is 30.5 Å². The highest BCUT2D eigenvalue weighted by Gasteiger charge is 2.27. The van der Waals surface area contributed by atoms with E-state index in [2.05, 4.69) is 42.3 Å². The Morgan fingerprint density at radius 3 is 2.60 bits per heavy atom. The third kappa shape index (κ3) is 2.35. The van der Waals surface area contributed by atoms with Gasteiger partial charge in [0.2, 0.25) is 0 Å². The van der Waals surface area contributed by atoms with Crippen LogP contribution in [-0.2, 0) is 6.54 Å². The van der Waals surface area contributed by atoms with Crippen LogP contribution in [0.15, 0.2) is 18.2 Å². The molecule has 0 spiro atoms. The number of hydrogen-bond acceptors (Lipinski definition) is 2. The second kappa shape index (κ2) is 5.35. The predicted molar refractivity (Wildman–Crippen MR) is 82.2 cm³/mol. The Morgan fingerprint density at radius 1 is 1.15 bits per heavy atom. The fourth-order valence-electron chi connectivity index (χ4n) is 3.11. The zero-order chi connectivity index (χ0) is 14.1. The highest BCUT2D eigenvalue weighted by atomic mass is 16.2. The molecule has 1 aromatic carbocycles. The molecule has 0 atom stereocenters. The van der Waals surface area contributed by atoms with Gasteiger partial charge in [-0.05, 0) is 44.7 Å². The first kappa shape index (κ1) is 13.3. The van der Waals surface area contributed by atoms with Gasteiger partial charge >= 0.3 is 6.03 Å². The van der Waals surface area contributed by atoms with Crippen molar-refractivity contribution < 1.29 is 4.79 Å². The summed E-state index contributed by atoms with van der Waals surface area (Å²) in [7, 11) is 0. The van der Waals surface area contributed by atoms with Gasteiger partial charge in [0.25, 0.3) is 0 Å². The normalized spacial score (nSPS) is 19.1. The number of urea groups is 1. The van der Waals surface area contributed by atoms with Crippen LogP contribution in [-0.4, -0.2) is 30.1 Å². The Kier molecular flexibility index (Phi) is 3.55. The van der Waals surface area contributed by atoms with Crippen LogP contribution in [0.5, 0.6) is 0 Å². The summed E-state index contributed by atoms with van der Waals surface area (Å²) in [5.41, 5.74) is 3.44. The van der Waals surface area contributed by atoms with E-state index in [1.807, 2.05) is 4.90 Å². The van der Waals surface area contributed by atoms with E-state index in [0.717, 1.165) is 18.8 Å². The predicted octanol–water partition coefficient (Wildman–Crippen LogP) is 3.43. The zero-order valence-corrected chi connectivity index (χ0v) is 12.4. The van der Waals surface area contributed by atoms with Gasteiger partial charge in [0, 0.05) is 25.7 Å². The van der Waals surface area contributed by atoms with Crippen LogP contribution >= 0.6 is 0 Å². The first-order valence-corrected chi connectivity index (χ1v) is 7.61. The van der Waals surface area contributed by atoms with Crippen LogP contribution in [0, 0.1) is 0 Å². The van der Waals surface area contributed by atoms with Crippen molar-refractivity contribution in [2.24, 2.45) is 0 Å². The molecule has 4 heteroatoms. The summed E-state index contributed by atoms with van der Waals surface area (Å²) >= 11 is 0. The third-order valence-electron chi connectivity index (χ3n) is 4.28. The number of nitrogens with zero attached hydrogens (tertiary/aromatic N) is 2. The fraction of sp³-hybridized carbons (Fsp3) is 0.562. The van der Waals surface area contributed by atoms with Gasteiger partial charge in [-0.3, -0.25) is 0 Å². The molecular weight excluding hydrogens is 250 g/mol. The van der Waals surface area contributed by atoms with Gasteiger partial charge in [-0.25, -0.2) is 4.79 Å². The number of amides is 2.